The maximum Gasteiger partial charge on any atom is 0.407 e. The number of pyridine rings is 1. The number of piperazine rings is 1. The number of imidazole rings is 1. The van der Waals surface area contributed by atoms with Gasteiger partial charge in [0, 0.05) is 45.8 Å². The van der Waals surface area contributed by atoms with Crippen LogP contribution in [0.1, 0.15) is 37.1 Å². The molecule has 0 saturated carbocycles. The average Bonchev–Trinajstić information content (AvgIpc) is 3.27. The van der Waals surface area contributed by atoms with E-state index in [4.69, 9.17) is 20.6 Å². The van der Waals surface area contributed by atoms with E-state index >= 15 is 0 Å². The van der Waals surface area contributed by atoms with Crippen molar-refractivity contribution < 1.29 is 19.4 Å². The Kier molecular flexibility index (Phi) is 7.60. The molecule has 0 radical (unpaired) electrons. The second-order valence-corrected chi connectivity index (χ2v) is 9.27. The summed E-state index contributed by atoms with van der Waals surface area (Å²) in [7, 11) is 1.39. The molecule has 13 nitrogen and oxygen atoms in total. The van der Waals surface area contributed by atoms with E-state index in [0.29, 0.717) is 38.2 Å². The van der Waals surface area contributed by atoms with Crippen LogP contribution in [0.3, 0.4) is 0 Å². The quantitative estimate of drug-likeness (QED) is 0.454. The van der Waals surface area contributed by atoms with Crippen LogP contribution >= 0.6 is 0 Å². The monoisotopic (exact) mass is 511 g/mol. The Morgan fingerprint density at radius 2 is 1.95 bits per heavy atom. The molecule has 4 rings (SSSR count). The molecular formula is C24H33N9O4. The zero-order valence-corrected chi connectivity index (χ0v) is 21.6. The number of ether oxygens (including phenoxy) is 1. The van der Waals surface area contributed by atoms with Crippen LogP contribution in [0.4, 0.5) is 16.4 Å². The Labute approximate surface area is 214 Å². The van der Waals surface area contributed by atoms with E-state index in [1.54, 1.807) is 15.6 Å². The highest BCUT2D eigenvalue weighted by Crippen LogP contribution is 2.22. The van der Waals surface area contributed by atoms with E-state index in [-0.39, 0.29) is 30.4 Å². The van der Waals surface area contributed by atoms with Gasteiger partial charge >= 0.3 is 12.1 Å². The molecular weight excluding hydrogens is 478 g/mol. The molecule has 1 aliphatic heterocycles. The number of likely N-dealkylation sites (N-methyl/N-ethyl adjacent to an activating group) is 1. The number of hydrogen-bond acceptors (Lipinski definition) is 9. The summed E-state index contributed by atoms with van der Waals surface area (Å²) >= 11 is 0. The molecule has 0 aromatic carbocycles. The number of hydrogen-bond donors (Lipinski definition) is 2. The van der Waals surface area contributed by atoms with E-state index in [1.807, 2.05) is 27.0 Å². The summed E-state index contributed by atoms with van der Waals surface area (Å²) in [5.41, 5.74) is 9.42. The van der Waals surface area contributed by atoms with Gasteiger partial charge in [0.15, 0.2) is 11.5 Å². The van der Waals surface area contributed by atoms with Gasteiger partial charge in [0.25, 0.3) is 0 Å². The van der Waals surface area contributed by atoms with Gasteiger partial charge in [-0.25, -0.2) is 19.3 Å². The highest BCUT2D eigenvalue weighted by Gasteiger charge is 2.24. The van der Waals surface area contributed by atoms with Crippen LogP contribution in [0.25, 0.3) is 5.65 Å². The van der Waals surface area contributed by atoms with Crippen LogP contribution in [-0.2, 0) is 11.2 Å². The molecule has 3 aromatic heterocycles. The standard InChI is InChI=1S/C24H33N9O4/c1-5-16(3)37-23-28-20(25)22-27-13-18(33(22)29-23)11-17-10-15(2)21(26-12-17)32-8-6-31(7-9-32)19(34)14-30(4)24(35)36/h10,12-13,16H,5-9,11,14H2,1-4H3,(H,35,36)(H2,25,28,29)/t16-/m1/s1. The van der Waals surface area contributed by atoms with Crippen molar-refractivity contribution >= 4 is 29.3 Å². The van der Waals surface area contributed by atoms with Gasteiger partial charge in [0.1, 0.15) is 12.4 Å². The van der Waals surface area contributed by atoms with Gasteiger partial charge in [-0.1, -0.05) is 13.0 Å². The van der Waals surface area contributed by atoms with Crippen molar-refractivity contribution in [1.29, 1.82) is 0 Å². The summed E-state index contributed by atoms with van der Waals surface area (Å²) in [5, 5.41) is 13.5. The molecule has 0 aliphatic carbocycles. The van der Waals surface area contributed by atoms with Crippen LogP contribution in [-0.4, -0.2) is 97.3 Å². The van der Waals surface area contributed by atoms with Gasteiger partial charge in [-0.05, 0) is 31.4 Å². The van der Waals surface area contributed by atoms with Gasteiger partial charge in [-0.2, -0.15) is 4.98 Å². The Morgan fingerprint density at radius 3 is 2.59 bits per heavy atom. The SMILES string of the molecule is CC[C@@H](C)Oc1nc(N)c2ncc(Cc3cnc(N4CCN(C(=O)CN(C)C(=O)O)CC4)c(C)c3)n2n1. The van der Waals surface area contributed by atoms with E-state index < -0.39 is 6.09 Å². The largest absolute Gasteiger partial charge is 0.465 e. The first-order valence-corrected chi connectivity index (χ1v) is 12.2. The molecule has 0 spiro atoms. The minimum Gasteiger partial charge on any atom is -0.465 e. The van der Waals surface area contributed by atoms with Crippen molar-refractivity contribution in [3.63, 3.8) is 0 Å². The van der Waals surface area contributed by atoms with Crippen molar-refractivity contribution in [2.45, 2.75) is 39.7 Å². The van der Waals surface area contributed by atoms with Crippen molar-refractivity contribution in [3.05, 3.63) is 35.3 Å². The van der Waals surface area contributed by atoms with Crippen LogP contribution in [0.2, 0.25) is 0 Å². The van der Waals surface area contributed by atoms with E-state index in [9.17, 15) is 9.59 Å². The van der Waals surface area contributed by atoms with Gasteiger partial charge in [0.2, 0.25) is 5.91 Å². The fraction of sp³-hybridized carbons (Fsp3) is 0.500. The fourth-order valence-corrected chi connectivity index (χ4v) is 4.16. The van der Waals surface area contributed by atoms with Crippen molar-refractivity contribution in [2.24, 2.45) is 0 Å². The number of nitrogens with zero attached hydrogens (tertiary/aromatic N) is 8. The average molecular weight is 512 g/mol. The van der Waals surface area contributed by atoms with E-state index in [2.05, 4.69) is 26.0 Å². The van der Waals surface area contributed by atoms with Gasteiger partial charge in [0.05, 0.1) is 18.0 Å². The van der Waals surface area contributed by atoms with E-state index in [0.717, 1.165) is 34.0 Å². The number of carboxylic acid groups (broad SMARTS) is 1. The smallest absolute Gasteiger partial charge is 0.407 e. The Hall–Kier alpha value is -4.16. The number of anilines is 2. The highest BCUT2D eigenvalue weighted by atomic mass is 16.5. The topological polar surface area (TPSA) is 155 Å². The number of nitrogen functional groups attached to an aromatic ring is 1. The van der Waals surface area contributed by atoms with Crippen LogP contribution in [0.15, 0.2) is 18.5 Å². The number of aryl methyl sites for hydroxylation is 1. The highest BCUT2D eigenvalue weighted by molar-refractivity contribution is 5.82. The van der Waals surface area contributed by atoms with Crippen LogP contribution in [0, 0.1) is 6.92 Å². The number of carbonyl (C=O) groups excluding carboxylic acids is 1. The maximum absolute atomic E-state index is 12.4. The summed E-state index contributed by atoms with van der Waals surface area (Å²) in [6.07, 6.45) is 3.79. The van der Waals surface area contributed by atoms with Crippen molar-refractivity contribution in [2.75, 3.05) is 50.4 Å². The van der Waals surface area contributed by atoms with Gasteiger partial charge < -0.3 is 30.3 Å². The lowest BCUT2D eigenvalue weighted by Crippen LogP contribution is -2.51. The Morgan fingerprint density at radius 1 is 1.22 bits per heavy atom. The Bertz CT molecular complexity index is 1290. The number of rotatable bonds is 8. The second kappa shape index (κ2) is 10.8. The number of amides is 2. The minimum absolute atomic E-state index is 0.0331. The third-order valence-electron chi connectivity index (χ3n) is 6.44. The lowest BCUT2D eigenvalue weighted by molar-refractivity contribution is -0.132. The molecule has 1 aliphatic rings. The van der Waals surface area contributed by atoms with E-state index in [1.165, 1.54) is 7.05 Å². The molecule has 2 amide bonds. The minimum atomic E-state index is -1.12. The molecule has 1 atom stereocenters. The zero-order chi connectivity index (χ0) is 26.7. The molecule has 0 bridgehead atoms. The molecule has 3 N–H and O–H groups in total. The molecule has 1 saturated heterocycles. The van der Waals surface area contributed by atoms with Crippen molar-refractivity contribution in [1.82, 2.24) is 34.4 Å². The third kappa shape index (κ3) is 5.81. The summed E-state index contributed by atoms with van der Waals surface area (Å²) < 4.78 is 7.43. The lowest BCUT2D eigenvalue weighted by atomic mass is 10.1. The molecule has 198 valence electrons. The summed E-state index contributed by atoms with van der Waals surface area (Å²) in [5.74, 6) is 0.934. The zero-order valence-electron chi connectivity index (χ0n) is 21.6. The number of carbonyl (C=O) groups is 2. The summed E-state index contributed by atoms with van der Waals surface area (Å²) in [4.78, 5) is 41.5. The first-order chi connectivity index (χ1) is 17.7. The van der Waals surface area contributed by atoms with Gasteiger partial charge in [-0.3, -0.25) is 4.79 Å². The molecule has 1 fully saturated rings. The number of nitrogens with two attached hydrogens (primary N) is 1. The first kappa shape index (κ1) is 25.9. The fourth-order valence-electron chi connectivity index (χ4n) is 4.16. The third-order valence-corrected chi connectivity index (χ3v) is 6.44. The van der Waals surface area contributed by atoms with Crippen LogP contribution in [0.5, 0.6) is 6.01 Å². The number of fused-ring (bicyclic) bond motifs is 1. The van der Waals surface area contributed by atoms with Crippen LogP contribution < -0.4 is 15.4 Å². The summed E-state index contributed by atoms with van der Waals surface area (Å²) in [6.45, 7) is 8.11. The molecule has 3 aromatic rings. The second-order valence-electron chi connectivity index (χ2n) is 9.27. The van der Waals surface area contributed by atoms with Gasteiger partial charge in [-0.15, -0.1) is 5.10 Å². The molecule has 4 heterocycles. The molecule has 13 heteroatoms. The first-order valence-electron chi connectivity index (χ1n) is 12.2. The Balaban J connectivity index is 1.43. The maximum atomic E-state index is 12.4. The summed E-state index contributed by atoms with van der Waals surface area (Å²) in [6, 6.07) is 2.30. The normalized spacial score (nSPS) is 14.6. The predicted molar refractivity (Wildman–Crippen MR) is 137 cm³/mol. The molecule has 37 heavy (non-hydrogen) atoms. The lowest BCUT2D eigenvalue weighted by Gasteiger charge is -2.36. The number of aromatic nitrogens is 5. The van der Waals surface area contributed by atoms with Crippen molar-refractivity contribution in [3.8, 4) is 6.01 Å². The molecule has 0 unspecified atom stereocenters. The predicted octanol–water partition coefficient (Wildman–Crippen LogP) is 1.44.